The van der Waals surface area contributed by atoms with E-state index in [1.807, 2.05) is 31.2 Å². The Morgan fingerprint density at radius 2 is 2.11 bits per heavy atom. The fourth-order valence-corrected chi connectivity index (χ4v) is 2.72. The van der Waals surface area contributed by atoms with Crippen molar-refractivity contribution in [1.29, 1.82) is 5.26 Å². The zero-order valence-corrected chi connectivity index (χ0v) is 11.9. The van der Waals surface area contributed by atoms with E-state index in [1.54, 1.807) is 6.07 Å². The molecule has 1 atom stereocenters. The molecule has 0 amide bonds. The number of rotatable bonds is 7. The Bertz CT molecular complexity index is 549. The summed E-state index contributed by atoms with van der Waals surface area (Å²) in [5, 5.41) is 11.6. The molecule has 0 saturated carbocycles. The van der Waals surface area contributed by atoms with Gasteiger partial charge >= 0.3 is 0 Å². The van der Waals surface area contributed by atoms with Gasteiger partial charge in [-0.05, 0) is 13.0 Å². The van der Waals surface area contributed by atoms with Crippen LogP contribution in [0, 0.1) is 11.3 Å². The minimum Gasteiger partial charge on any atom is -0.478 e. The van der Waals surface area contributed by atoms with Crippen molar-refractivity contribution in [2.75, 3.05) is 18.6 Å². The molecule has 6 heteroatoms. The van der Waals surface area contributed by atoms with Gasteiger partial charge < -0.3 is 10.1 Å². The molecule has 0 aromatic heterocycles. The largest absolute Gasteiger partial charge is 0.478 e. The zero-order valence-electron chi connectivity index (χ0n) is 11.1. The molecule has 0 aliphatic carbocycles. The van der Waals surface area contributed by atoms with Gasteiger partial charge in [-0.15, -0.1) is 0 Å². The maximum absolute atomic E-state index is 11.2. The fourth-order valence-electron chi connectivity index (χ4n) is 1.70. The van der Waals surface area contributed by atoms with E-state index in [0.717, 1.165) is 5.56 Å². The van der Waals surface area contributed by atoms with Crippen molar-refractivity contribution in [2.24, 2.45) is 0 Å². The normalized spacial score (nSPS) is 12.7. The first-order valence-corrected chi connectivity index (χ1v) is 7.97. The summed E-state index contributed by atoms with van der Waals surface area (Å²) < 4.78 is 27.6. The minimum atomic E-state index is -2.99. The second-order valence-corrected chi connectivity index (χ2v) is 6.61. The number of hydrogen-bond donors (Lipinski definition) is 1. The molecule has 1 aromatic carbocycles. The van der Waals surface area contributed by atoms with Gasteiger partial charge in [-0.25, -0.2) is 8.42 Å². The third-order valence-corrected chi connectivity index (χ3v) is 3.56. The van der Waals surface area contributed by atoms with Crippen LogP contribution in [-0.2, 0) is 16.4 Å². The Morgan fingerprint density at radius 3 is 2.74 bits per heavy atom. The van der Waals surface area contributed by atoms with E-state index < -0.39 is 9.84 Å². The Labute approximate surface area is 114 Å². The van der Waals surface area contributed by atoms with Crippen molar-refractivity contribution in [1.82, 2.24) is 5.32 Å². The Hall–Kier alpha value is -1.58. The van der Waals surface area contributed by atoms with Crippen molar-refractivity contribution < 1.29 is 13.2 Å². The molecule has 1 aromatic rings. The summed E-state index contributed by atoms with van der Waals surface area (Å²) in [6.07, 6.45) is 1.22. The highest BCUT2D eigenvalue weighted by Crippen LogP contribution is 2.17. The van der Waals surface area contributed by atoms with Gasteiger partial charge in [0.05, 0.1) is 5.75 Å². The van der Waals surface area contributed by atoms with Crippen LogP contribution in [0.15, 0.2) is 24.3 Å². The topological polar surface area (TPSA) is 79.2 Å². The lowest BCUT2D eigenvalue weighted by Gasteiger charge is -2.14. The summed E-state index contributed by atoms with van der Waals surface area (Å²) in [6, 6.07) is 9.15. The van der Waals surface area contributed by atoms with Gasteiger partial charge in [-0.3, -0.25) is 0 Å². The summed E-state index contributed by atoms with van der Waals surface area (Å²) >= 11 is 0. The maximum atomic E-state index is 11.2. The molecule has 0 radical (unpaired) electrons. The molecule has 0 fully saturated rings. The molecular weight excluding hydrogens is 264 g/mol. The highest BCUT2D eigenvalue weighted by molar-refractivity contribution is 7.90. The average Bonchev–Trinajstić information content (AvgIpc) is 2.32. The van der Waals surface area contributed by atoms with Crippen LogP contribution >= 0.6 is 0 Å². The number of ether oxygens (including phenoxy) is 1. The van der Waals surface area contributed by atoms with Crippen molar-refractivity contribution in [3.8, 4) is 11.8 Å². The van der Waals surface area contributed by atoms with E-state index in [9.17, 15) is 8.42 Å². The third-order valence-electron chi connectivity index (χ3n) is 2.46. The molecule has 0 aliphatic rings. The van der Waals surface area contributed by atoms with Gasteiger partial charge in [0.1, 0.15) is 21.7 Å². The van der Waals surface area contributed by atoms with E-state index in [4.69, 9.17) is 10.00 Å². The van der Waals surface area contributed by atoms with Gasteiger partial charge in [0, 0.05) is 24.4 Å². The van der Waals surface area contributed by atoms with Gasteiger partial charge in [0.25, 0.3) is 0 Å². The fraction of sp³-hybridized carbons (Fsp3) is 0.462. The second-order valence-electron chi connectivity index (χ2n) is 4.43. The van der Waals surface area contributed by atoms with Gasteiger partial charge in [0.15, 0.2) is 6.61 Å². The van der Waals surface area contributed by atoms with Crippen molar-refractivity contribution in [3.05, 3.63) is 29.8 Å². The lowest BCUT2D eigenvalue weighted by molar-refractivity contribution is 0.362. The van der Waals surface area contributed by atoms with E-state index in [0.29, 0.717) is 12.3 Å². The number of nitrogens with one attached hydrogen (secondary N) is 1. The average molecular weight is 282 g/mol. The predicted octanol–water partition coefficient (Wildman–Crippen LogP) is 1.11. The Morgan fingerprint density at radius 1 is 1.42 bits per heavy atom. The van der Waals surface area contributed by atoms with Crippen LogP contribution in [0.1, 0.15) is 12.5 Å². The van der Waals surface area contributed by atoms with Crippen LogP contribution in [0.4, 0.5) is 0 Å². The molecule has 1 unspecified atom stereocenters. The minimum absolute atomic E-state index is 0.00406. The standard InChI is InChI=1S/C13H18N2O3S/c1-11(10-19(2,16)17)15-9-12-5-3-4-6-13(12)18-8-7-14/h3-6,11,15H,8-10H2,1-2H3. The molecule has 104 valence electrons. The molecule has 1 rings (SSSR count). The van der Waals surface area contributed by atoms with Gasteiger partial charge in [0.2, 0.25) is 0 Å². The summed E-state index contributed by atoms with van der Waals surface area (Å²) in [5.41, 5.74) is 0.901. The van der Waals surface area contributed by atoms with Gasteiger partial charge in [-0.1, -0.05) is 18.2 Å². The number of para-hydroxylation sites is 1. The lowest BCUT2D eigenvalue weighted by atomic mass is 10.2. The third kappa shape index (κ3) is 6.22. The molecule has 0 heterocycles. The quantitative estimate of drug-likeness (QED) is 0.810. The highest BCUT2D eigenvalue weighted by Gasteiger charge is 2.11. The maximum Gasteiger partial charge on any atom is 0.174 e. The van der Waals surface area contributed by atoms with Crippen LogP contribution in [-0.4, -0.2) is 33.1 Å². The first-order valence-electron chi connectivity index (χ1n) is 5.91. The Kier molecular flexibility index (Phi) is 5.80. The number of sulfone groups is 1. The molecule has 0 bridgehead atoms. The molecule has 0 spiro atoms. The predicted molar refractivity (Wildman–Crippen MR) is 73.6 cm³/mol. The molecule has 0 aliphatic heterocycles. The number of nitrogens with zero attached hydrogens (tertiary/aromatic N) is 1. The van der Waals surface area contributed by atoms with Crippen molar-refractivity contribution >= 4 is 9.84 Å². The number of hydrogen-bond acceptors (Lipinski definition) is 5. The van der Waals surface area contributed by atoms with E-state index in [1.165, 1.54) is 6.26 Å². The first kappa shape index (κ1) is 15.5. The first-order chi connectivity index (χ1) is 8.92. The zero-order chi connectivity index (χ0) is 14.3. The Balaban J connectivity index is 2.60. The number of nitriles is 1. The van der Waals surface area contributed by atoms with Crippen LogP contribution in [0.2, 0.25) is 0 Å². The van der Waals surface area contributed by atoms with Crippen LogP contribution in [0.25, 0.3) is 0 Å². The van der Waals surface area contributed by atoms with Crippen molar-refractivity contribution in [3.63, 3.8) is 0 Å². The SMILES string of the molecule is CC(CS(C)(=O)=O)NCc1ccccc1OCC#N. The summed E-state index contributed by atoms with van der Waals surface area (Å²) in [6.45, 7) is 2.31. The molecular formula is C13H18N2O3S. The molecule has 1 N–H and O–H groups in total. The molecule has 19 heavy (non-hydrogen) atoms. The lowest BCUT2D eigenvalue weighted by Crippen LogP contribution is -2.32. The summed E-state index contributed by atoms with van der Waals surface area (Å²) in [5.74, 6) is 0.733. The second kappa shape index (κ2) is 7.12. The van der Waals surface area contributed by atoms with Crippen LogP contribution in [0.5, 0.6) is 5.75 Å². The monoisotopic (exact) mass is 282 g/mol. The number of benzene rings is 1. The molecule has 0 saturated heterocycles. The van der Waals surface area contributed by atoms with Crippen LogP contribution in [0.3, 0.4) is 0 Å². The van der Waals surface area contributed by atoms with E-state index in [-0.39, 0.29) is 18.4 Å². The van der Waals surface area contributed by atoms with Crippen molar-refractivity contribution in [2.45, 2.75) is 19.5 Å². The van der Waals surface area contributed by atoms with Gasteiger partial charge in [-0.2, -0.15) is 5.26 Å². The highest BCUT2D eigenvalue weighted by atomic mass is 32.2. The van der Waals surface area contributed by atoms with Crippen LogP contribution < -0.4 is 10.1 Å². The molecule has 5 nitrogen and oxygen atoms in total. The summed E-state index contributed by atoms with van der Waals surface area (Å²) in [4.78, 5) is 0. The van der Waals surface area contributed by atoms with E-state index >= 15 is 0 Å². The van der Waals surface area contributed by atoms with E-state index in [2.05, 4.69) is 5.32 Å². The summed E-state index contributed by atoms with van der Waals surface area (Å²) in [7, 11) is -2.99. The smallest absolute Gasteiger partial charge is 0.174 e.